The third-order valence-corrected chi connectivity index (χ3v) is 4.42. The number of nitrogens with one attached hydrogen (secondary N) is 1. The van der Waals surface area contributed by atoms with Crippen molar-refractivity contribution >= 4 is 16.9 Å². The standard InChI is InChI=1S/C18H20N4/c1-12-5-6-14(13(2)9-12)18-20-15-10-17(19-11-16(15)21-18)22-7-3-4-8-22/h5-6,9-11H,3-4,7-8H2,1-2H3,(H,20,21). The van der Waals surface area contributed by atoms with Gasteiger partial charge in [-0.25, -0.2) is 9.97 Å². The molecule has 1 aliphatic heterocycles. The first-order valence-electron chi connectivity index (χ1n) is 7.89. The number of aromatic amines is 1. The Balaban J connectivity index is 1.76. The van der Waals surface area contributed by atoms with Crippen LogP contribution in [-0.2, 0) is 0 Å². The van der Waals surface area contributed by atoms with E-state index in [9.17, 15) is 0 Å². The van der Waals surface area contributed by atoms with Gasteiger partial charge in [-0.2, -0.15) is 0 Å². The molecule has 0 amide bonds. The Morgan fingerprint density at radius 3 is 2.68 bits per heavy atom. The maximum Gasteiger partial charge on any atom is 0.138 e. The van der Waals surface area contributed by atoms with Gasteiger partial charge in [0.25, 0.3) is 0 Å². The highest BCUT2D eigenvalue weighted by Gasteiger charge is 2.15. The second-order valence-electron chi connectivity index (χ2n) is 6.16. The molecule has 1 aliphatic rings. The highest BCUT2D eigenvalue weighted by Crippen LogP contribution is 2.26. The van der Waals surface area contributed by atoms with Crippen molar-refractivity contribution in [3.8, 4) is 11.4 Å². The van der Waals surface area contributed by atoms with Crippen LogP contribution in [-0.4, -0.2) is 28.0 Å². The Hall–Kier alpha value is -2.36. The summed E-state index contributed by atoms with van der Waals surface area (Å²) < 4.78 is 0. The lowest BCUT2D eigenvalue weighted by atomic mass is 10.1. The Labute approximate surface area is 130 Å². The lowest BCUT2D eigenvalue weighted by Crippen LogP contribution is -2.18. The zero-order valence-electron chi connectivity index (χ0n) is 13.1. The van der Waals surface area contributed by atoms with E-state index in [0.29, 0.717) is 0 Å². The molecule has 3 heterocycles. The number of hydrogen-bond acceptors (Lipinski definition) is 3. The monoisotopic (exact) mass is 292 g/mol. The Morgan fingerprint density at radius 1 is 1.09 bits per heavy atom. The minimum atomic E-state index is 0.924. The summed E-state index contributed by atoms with van der Waals surface area (Å²) in [4.78, 5) is 15.1. The molecular formula is C18H20N4. The molecule has 0 unspecified atom stereocenters. The van der Waals surface area contributed by atoms with E-state index in [1.165, 1.54) is 24.0 Å². The molecule has 0 spiro atoms. The first-order valence-corrected chi connectivity index (χ1v) is 7.89. The van der Waals surface area contributed by atoms with Crippen molar-refractivity contribution in [2.24, 2.45) is 0 Å². The fourth-order valence-electron chi connectivity index (χ4n) is 3.22. The van der Waals surface area contributed by atoms with Gasteiger partial charge in [0.05, 0.1) is 17.2 Å². The summed E-state index contributed by atoms with van der Waals surface area (Å²) in [7, 11) is 0. The Kier molecular flexibility index (Phi) is 3.10. The van der Waals surface area contributed by atoms with Gasteiger partial charge in [-0.15, -0.1) is 0 Å². The van der Waals surface area contributed by atoms with Crippen LogP contribution >= 0.6 is 0 Å². The van der Waals surface area contributed by atoms with Gasteiger partial charge in [0.2, 0.25) is 0 Å². The summed E-state index contributed by atoms with van der Waals surface area (Å²) in [6, 6.07) is 8.56. The number of fused-ring (bicyclic) bond motifs is 1. The largest absolute Gasteiger partial charge is 0.357 e. The molecule has 1 saturated heterocycles. The third-order valence-electron chi connectivity index (χ3n) is 4.42. The molecular weight excluding hydrogens is 272 g/mol. The topological polar surface area (TPSA) is 44.8 Å². The van der Waals surface area contributed by atoms with Gasteiger partial charge in [0, 0.05) is 24.7 Å². The zero-order valence-corrected chi connectivity index (χ0v) is 13.1. The SMILES string of the molecule is Cc1ccc(-c2nc3cc(N4CCCC4)ncc3[nH]2)c(C)c1. The number of pyridine rings is 1. The highest BCUT2D eigenvalue weighted by atomic mass is 15.2. The van der Waals surface area contributed by atoms with E-state index >= 15 is 0 Å². The zero-order chi connectivity index (χ0) is 15.1. The number of aromatic nitrogens is 3. The number of aryl methyl sites for hydroxylation is 2. The van der Waals surface area contributed by atoms with Crippen molar-refractivity contribution in [1.82, 2.24) is 15.0 Å². The van der Waals surface area contributed by atoms with Crippen molar-refractivity contribution in [1.29, 1.82) is 0 Å². The summed E-state index contributed by atoms with van der Waals surface area (Å²) in [5.74, 6) is 1.97. The van der Waals surface area contributed by atoms with Crippen LogP contribution in [0.2, 0.25) is 0 Å². The molecule has 2 aromatic heterocycles. The van der Waals surface area contributed by atoms with Crippen LogP contribution in [0.1, 0.15) is 24.0 Å². The second kappa shape index (κ2) is 5.13. The quantitative estimate of drug-likeness (QED) is 0.780. The number of imidazole rings is 1. The summed E-state index contributed by atoms with van der Waals surface area (Å²) in [6.07, 6.45) is 4.42. The molecule has 1 aromatic carbocycles. The van der Waals surface area contributed by atoms with Gasteiger partial charge in [-0.1, -0.05) is 23.8 Å². The number of benzene rings is 1. The van der Waals surface area contributed by atoms with Crippen molar-refractivity contribution in [2.75, 3.05) is 18.0 Å². The third kappa shape index (κ3) is 2.25. The number of H-pyrrole nitrogens is 1. The molecule has 0 saturated carbocycles. The molecule has 0 bridgehead atoms. The van der Waals surface area contributed by atoms with Crippen LogP contribution in [0.3, 0.4) is 0 Å². The lowest BCUT2D eigenvalue weighted by molar-refractivity contribution is 0.940. The van der Waals surface area contributed by atoms with Crippen LogP contribution in [0.15, 0.2) is 30.5 Å². The lowest BCUT2D eigenvalue weighted by Gasteiger charge is -2.15. The van der Waals surface area contributed by atoms with E-state index in [2.05, 4.69) is 53.0 Å². The van der Waals surface area contributed by atoms with Crippen molar-refractivity contribution in [3.63, 3.8) is 0 Å². The fraction of sp³-hybridized carbons (Fsp3) is 0.333. The molecule has 1 N–H and O–H groups in total. The fourth-order valence-corrected chi connectivity index (χ4v) is 3.22. The molecule has 0 radical (unpaired) electrons. The van der Waals surface area contributed by atoms with Crippen LogP contribution < -0.4 is 4.90 Å². The number of anilines is 1. The first kappa shape index (κ1) is 13.3. The minimum Gasteiger partial charge on any atom is -0.357 e. The van der Waals surface area contributed by atoms with Gasteiger partial charge in [0.1, 0.15) is 11.6 Å². The van der Waals surface area contributed by atoms with Crippen molar-refractivity contribution < 1.29 is 0 Å². The molecule has 0 aliphatic carbocycles. The smallest absolute Gasteiger partial charge is 0.138 e. The van der Waals surface area contributed by atoms with Gasteiger partial charge < -0.3 is 9.88 Å². The first-order chi connectivity index (χ1) is 10.7. The molecule has 4 nitrogen and oxygen atoms in total. The molecule has 4 rings (SSSR count). The van der Waals surface area contributed by atoms with Gasteiger partial charge in [0.15, 0.2) is 0 Å². The molecule has 3 aromatic rings. The maximum absolute atomic E-state index is 4.78. The molecule has 4 heteroatoms. The summed E-state index contributed by atoms with van der Waals surface area (Å²) >= 11 is 0. The molecule has 112 valence electrons. The van der Waals surface area contributed by atoms with E-state index in [4.69, 9.17) is 4.98 Å². The number of nitrogens with zero attached hydrogens (tertiary/aromatic N) is 3. The van der Waals surface area contributed by atoms with Gasteiger partial charge >= 0.3 is 0 Å². The van der Waals surface area contributed by atoms with Crippen LogP contribution in [0.25, 0.3) is 22.4 Å². The average Bonchev–Trinajstić information content (AvgIpc) is 3.15. The van der Waals surface area contributed by atoms with Crippen molar-refractivity contribution in [2.45, 2.75) is 26.7 Å². The van der Waals surface area contributed by atoms with Crippen LogP contribution in [0.5, 0.6) is 0 Å². The van der Waals surface area contributed by atoms with Crippen LogP contribution in [0, 0.1) is 13.8 Å². The van der Waals surface area contributed by atoms with E-state index in [-0.39, 0.29) is 0 Å². The summed E-state index contributed by atoms with van der Waals surface area (Å²) in [5, 5.41) is 0. The maximum atomic E-state index is 4.78. The Morgan fingerprint density at radius 2 is 1.91 bits per heavy atom. The van der Waals surface area contributed by atoms with E-state index < -0.39 is 0 Å². The van der Waals surface area contributed by atoms with E-state index in [1.807, 2.05) is 6.20 Å². The number of hydrogen-bond donors (Lipinski definition) is 1. The number of rotatable bonds is 2. The Bertz CT molecular complexity index is 828. The normalized spacial score (nSPS) is 14.9. The van der Waals surface area contributed by atoms with E-state index in [1.54, 1.807) is 0 Å². The van der Waals surface area contributed by atoms with E-state index in [0.717, 1.165) is 41.3 Å². The average molecular weight is 292 g/mol. The second-order valence-corrected chi connectivity index (χ2v) is 6.16. The van der Waals surface area contributed by atoms with Gasteiger partial charge in [-0.05, 0) is 32.3 Å². The predicted octanol–water partition coefficient (Wildman–Crippen LogP) is 3.84. The van der Waals surface area contributed by atoms with Crippen LogP contribution in [0.4, 0.5) is 5.82 Å². The summed E-state index contributed by atoms with van der Waals surface area (Å²) in [5.41, 5.74) is 5.66. The highest BCUT2D eigenvalue weighted by molar-refractivity contribution is 5.81. The van der Waals surface area contributed by atoms with Gasteiger partial charge in [-0.3, -0.25) is 0 Å². The predicted molar refractivity (Wildman–Crippen MR) is 90.2 cm³/mol. The minimum absolute atomic E-state index is 0.924. The molecule has 1 fully saturated rings. The summed E-state index contributed by atoms with van der Waals surface area (Å²) in [6.45, 7) is 6.45. The molecule has 22 heavy (non-hydrogen) atoms. The molecule has 0 atom stereocenters. The van der Waals surface area contributed by atoms with Crippen molar-refractivity contribution in [3.05, 3.63) is 41.6 Å².